The first-order chi connectivity index (χ1) is 20.3. The van der Waals surface area contributed by atoms with Gasteiger partial charge in [-0.05, 0) is 48.5 Å². The molecule has 1 amide bonds. The Morgan fingerprint density at radius 1 is 0.762 bits per heavy atom. The molecule has 42 heavy (non-hydrogen) atoms. The average molecular weight is 582 g/mol. The molecule has 212 valence electrons. The molecule has 1 fully saturated rings. The SMILES string of the molecule is CN1CCN(C(=O)c2ccc(-c3ccc4ncc(S(=O)(=O)n5ncc6ncc(-c7cnn(C)c7)cc65)n4c3)cc2)CC1. The third kappa shape index (κ3) is 4.43. The summed E-state index contributed by atoms with van der Waals surface area (Å²) < 4.78 is 32.0. The Morgan fingerprint density at radius 3 is 2.26 bits per heavy atom. The van der Waals surface area contributed by atoms with Crippen molar-refractivity contribution in [3.8, 4) is 22.3 Å². The Labute approximate surface area is 241 Å². The predicted octanol–water partition coefficient (Wildman–Crippen LogP) is 2.77. The molecule has 0 aliphatic carbocycles. The topological polar surface area (TPSA) is 124 Å². The van der Waals surface area contributed by atoms with Crippen molar-refractivity contribution in [2.75, 3.05) is 33.2 Å². The number of hydrogen-bond acceptors (Lipinski definition) is 8. The smallest absolute Gasteiger partial charge is 0.301 e. The number of amides is 1. The minimum Gasteiger partial charge on any atom is -0.336 e. The molecule has 0 radical (unpaired) electrons. The van der Waals surface area contributed by atoms with Gasteiger partial charge in [-0.1, -0.05) is 12.1 Å². The first-order valence-corrected chi connectivity index (χ1v) is 14.9. The minimum absolute atomic E-state index is 0.0146. The summed E-state index contributed by atoms with van der Waals surface area (Å²) in [7, 11) is -0.276. The Balaban J connectivity index is 1.22. The van der Waals surface area contributed by atoms with Crippen molar-refractivity contribution >= 4 is 32.6 Å². The van der Waals surface area contributed by atoms with E-state index in [1.807, 2.05) is 48.5 Å². The van der Waals surface area contributed by atoms with Gasteiger partial charge in [-0.15, -0.1) is 0 Å². The number of fused-ring (bicyclic) bond motifs is 2. The number of hydrogen-bond donors (Lipinski definition) is 0. The number of carbonyl (C=O) groups excluding carboxylic acids is 1. The van der Waals surface area contributed by atoms with E-state index in [9.17, 15) is 13.2 Å². The fourth-order valence-electron chi connectivity index (χ4n) is 5.21. The highest BCUT2D eigenvalue weighted by Crippen LogP contribution is 2.27. The van der Waals surface area contributed by atoms with Gasteiger partial charge in [0.25, 0.3) is 5.91 Å². The molecule has 0 saturated carbocycles. The van der Waals surface area contributed by atoms with Gasteiger partial charge in [0.2, 0.25) is 0 Å². The molecule has 1 aliphatic rings. The third-order valence-electron chi connectivity index (χ3n) is 7.65. The molecule has 0 N–H and O–H groups in total. The van der Waals surface area contributed by atoms with E-state index in [1.54, 1.807) is 39.8 Å². The predicted molar refractivity (Wildman–Crippen MR) is 156 cm³/mol. The van der Waals surface area contributed by atoms with E-state index in [2.05, 4.69) is 32.1 Å². The molecule has 1 aromatic carbocycles. The van der Waals surface area contributed by atoms with Crippen LogP contribution in [0.1, 0.15) is 10.4 Å². The number of pyridine rings is 2. The van der Waals surface area contributed by atoms with Crippen LogP contribution < -0.4 is 0 Å². The summed E-state index contributed by atoms with van der Waals surface area (Å²) in [5.74, 6) is 0.0146. The minimum atomic E-state index is -4.14. The lowest BCUT2D eigenvalue weighted by Gasteiger charge is -2.32. The zero-order valence-electron chi connectivity index (χ0n) is 23.0. The molecule has 13 heteroatoms. The number of aromatic nitrogens is 7. The Bertz CT molecular complexity index is 2070. The Hall–Kier alpha value is -4.88. The van der Waals surface area contributed by atoms with Crippen LogP contribution in [0.3, 0.4) is 0 Å². The normalized spacial score (nSPS) is 14.7. The summed E-state index contributed by atoms with van der Waals surface area (Å²) in [6.45, 7) is 3.13. The van der Waals surface area contributed by atoms with Crippen molar-refractivity contribution in [2.45, 2.75) is 5.03 Å². The standard InChI is InChI=1S/C29H27N9O3S/c1-34-9-11-36(12-10-34)29(39)21-5-3-20(4-6-21)22-7-8-27-31-17-28(37(27)19-22)42(40,41)38-26-13-23(14-30-25(26)16-33-38)24-15-32-35(2)18-24/h3-8,13-19H,9-12H2,1-2H3. The quantitative estimate of drug-likeness (QED) is 0.305. The van der Waals surface area contributed by atoms with Crippen molar-refractivity contribution < 1.29 is 13.2 Å². The lowest BCUT2D eigenvalue weighted by Crippen LogP contribution is -2.47. The van der Waals surface area contributed by atoms with Gasteiger partial charge in [0.05, 0.1) is 18.6 Å². The number of piperazine rings is 1. The van der Waals surface area contributed by atoms with E-state index in [1.165, 1.54) is 12.4 Å². The Kier molecular flexibility index (Phi) is 6.13. The molecule has 6 aromatic rings. The van der Waals surface area contributed by atoms with Crippen molar-refractivity contribution in [3.05, 3.63) is 85.2 Å². The van der Waals surface area contributed by atoms with Crippen molar-refractivity contribution in [2.24, 2.45) is 7.05 Å². The molecular weight excluding hydrogens is 554 g/mol. The van der Waals surface area contributed by atoms with Gasteiger partial charge in [-0.2, -0.15) is 22.7 Å². The third-order valence-corrected chi connectivity index (χ3v) is 9.22. The second-order valence-corrected chi connectivity index (χ2v) is 12.2. The van der Waals surface area contributed by atoms with Crippen LogP contribution in [-0.4, -0.2) is 90.7 Å². The van der Waals surface area contributed by atoms with Gasteiger partial charge < -0.3 is 9.80 Å². The van der Waals surface area contributed by atoms with E-state index >= 15 is 0 Å². The summed E-state index contributed by atoms with van der Waals surface area (Å²) in [4.78, 5) is 25.8. The Morgan fingerprint density at radius 2 is 1.52 bits per heavy atom. The van der Waals surface area contributed by atoms with Gasteiger partial charge >= 0.3 is 10.0 Å². The molecule has 0 spiro atoms. The van der Waals surface area contributed by atoms with Gasteiger partial charge in [-0.3, -0.25) is 18.9 Å². The molecule has 12 nitrogen and oxygen atoms in total. The monoisotopic (exact) mass is 581 g/mol. The molecule has 6 heterocycles. The van der Waals surface area contributed by atoms with Crippen LogP contribution >= 0.6 is 0 Å². The maximum Gasteiger partial charge on any atom is 0.301 e. The number of aryl methyl sites for hydroxylation is 1. The highest BCUT2D eigenvalue weighted by Gasteiger charge is 2.26. The summed E-state index contributed by atoms with van der Waals surface area (Å²) in [5, 5.41) is 8.35. The summed E-state index contributed by atoms with van der Waals surface area (Å²) in [5.41, 5.74) is 5.07. The second kappa shape index (κ2) is 9.89. The highest BCUT2D eigenvalue weighted by molar-refractivity contribution is 7.90. The largest absolute Gasteiger partial charge is 0.336 e. The van der Waals surface area contributed by atoms with E-state index < -0.39 is 10.0 Å². The van der Waals surface area contributed by atoms with Crippen LogP contribution in [0.5, 0.6) is 0 Å². The molecule has 5 aromatic heterocycles. The van der Waals surface area contributed by atoms with Crippen LogP contribution in [0.25, 0.3) is 38.9 Å². The number of rotatable bonds is 5. The first-order valence-electron chi connectivity index (χ1n) is 13.4. The van der Waals surface area contributed by atoms with E-state index in [-0.39, 0.29) is 10.9 Å². The lowest BCUT2D eigenvalue weighted by atomic mass is 10.0. The second-order valence-electron chi connectivity index (χ2n) is 10.4. The fraction of sp³-hybridized carbons (Fsp3) is 0.207. The zero-order valence-corrected chi connectivity index (χ0v) is 23.8. The van der Waals surface area contributed by atoms with Gasteiger partial charge in [0.15, 0.2) is 5.03 Å². The molecule has 7 rings (SSSR count). The molecule has 0 unspecified atom stereocenters. The van der Waals surface area contributed by atoms with Crippen LogP contribution in [0.15, 0.2) is 84.7 Å². The number of imidazole rings is 1. The number of nitrogens with zero attached hydrogens (tertiary/aromatic N) is 9. The highest BCUT2D eigenvalue weighted by atomic mass is 32.2. The molecule has 1 saturated heterocycles. The van der Waals surface area contributed by atoms with Crippen LogP contribution in [0, 0.1) is 0 Å². The zero-order chi connectivity index (χ0) is 29.0. The van der Waals surface area contributed by atoms with Crippen LogP contribution in [-0.2, 0) is 17.1 Å². The van der Waals surface area contributed by atoms with E-state index in [0.29, 0.717) is 35.3 Å². The molecule has 0 atom stereocenters. The van der Waals surface area contributed by atoms with Crippen LogP contribution in [0.4, 0.5) is 0 Å². The van der Waals surface area contributed by atoms with E-state index in [4.69, 9.17) is 0 Å². The average Bonchev–Trinajstić information content (AvgIpc) is 3.75. The molecule has 1 aliphatic heterocycles. The summed E-state index contributed by atoms with van der Waals surface area (Å²) >= 11 is 0. The maximum absolute atomic E-state index is 13.9. The molecule has 0 bridgehead atoms. The summed E-state index contributed by atoms with van der Waals surface area (Å²) in [6, 6.07) is 12.8. The van der Waals surface area contributed by atoms with Gasteiger partial charge in [0, 0.05) is 68.5 Å². The van der Waals surface area contributed by atoms with Crippen LogP contribution in [0.2, 0.25) is 0 Å². The number of likely N-dealkylation sites (N-methyl/N-ethyl adjacent to an activating group) is 1. The lowest BCUT2D eigenvalue weighted by molar-refractivity contribution is 0.0664. The molecular formula is C29H27N9O3S. The van der Waals surface area contributed by atoms with Gasteiger partial charge in [-0.25, -0.2) is 4.98 Å². The summed E-state index contributed by atoms with van der Waals surface area (Å²) in [6.07, 6.45) is 9.69. The number of carbonyl (C=O) groups is 1. The van der Waals surface area contributed by atoms with Crippen molar-refractivity contribution in [3.63, 3.8) is 0 Å². The fourth-order valence-corrected chi connectivity index (χ4v) is 6.55. The van der Waals surface area contributed by atoms with Gasteiger partial charge in [0.1, 0.15) is 16.7 Å². The van der Waals surface area contributed by atoms with Crippen molar-refractivity contribution in [1.82, 2.24) is 43.1 Å². The van der Waals surface area contributed by atoms with E-state index in [0.717, 1.165) is 39.4 Å². The first kappa shape index (κ1) is 26.0. The maximum atomic E-state index is 13.9. The van der Waals surface area contributed by atoms with Crippen molar-refractivity contribution in [1.29, 1.82) is 0 Å². The number of benzene rings is 1.